The van der Waals surface area contributed by atoms with E-state index in [1.54, 1.807) is 0 Å². The lowest BCUT2D eigenvalue weighted by molar-refractivity contribution is 0.386. The summed E-state index contributed by atoms with van der Waals surface area (Å²) in [5.74, 6) is -0.0759. The van der Waals surface area contributed by atoms with Gasteiger partial charge in [0.05, 0.1) is 12.0 Å². The summed E-state index contributed by atoms with van der Waals surface area (Å²) in [5, 5.41) is 8.79. The molecule has 0 bridgehead atoms. The van der Waals surface area contributed by atoms with Gasteiger partial charge in [0.25, 0.3) is 0 Å². The monoisotopic (exact) mass is 384 g/mol. The highest BCUT2D eigenvalue weighted by Gasteiger charge is 2.05. The first-order chi connectivity index (χ1) is 12.3. The molecule has 0 unspecified atom stereocenters. The third-order valence-electron chi connectivity index (χ3n) is 3.57. The third-order valence-corrected chi connectivity index (χ3v) is 3.97. The predicted octanol–water partition coefficient (Wildman–Crippen LogP) is 4.13. The Kier molecular flexibility index (Phi) is 9.75. The van der Waals surface area contributed by atoms with Crippen LogP contribution in [0.5, 0.6) is 11.5 Å². The van der Waals surface area contributed by atoms with Crippen LogP contribution in [0.25, 0.3) is 0 Å². The lowest BCUT2D eigenvalue weighted by atomic mass is 10.1. The molecule has 8 heteroatoms. The summed E-state index contributed by atoms with van der Waals surface area (Å²) in [7, 11) is -4.47. The van der Waals surface area contributed by atoms with Crippen molar-refractivity contribution in [2.75, 3.05) is 0 Å². The molecule has 2 aromatic rings. The molecule has 0 aliphatic heterocycles. The van der Waals surface area contributed by atoms with E-state index in [0.717, 1.165) is 12.2 Å². The number of aryl methyl sites for hydroxylation is 2. The van der Waals surface area contributed by atoms with Gasteiger partial charge in [-0.1, -0.05) is 39.0 Å². The first-order valence-corrected chi connectivity index (χ1v) is 10.1. The van der Waals surface area contributed by atoms with Crippen LogP contribution in [-0.4, -0.2) is 27.6 Å². The number of rotatable bonds is 9. The molecule has 0 aliphatic rings. The van der Waals surface area contributed by atoms with Gasteiger partial charge in [0.2, 0.25) is 0 Å². The third kappa shape index (κ3) is 10.7. The molecule has 146 valence electrons. The number of hydrogen-bond acceptors (Lipinski definition) is 5. The van der Waals surface area contributed by atoms with Crippen molar-refractivity contribution in [1.29, 1.82) is 0 Å². The van der Waals surface area contributed by atoms with Crippen molar-refractivity contribution >= 4 is 10.4 Å². The van der Waals surface area contributed by atoms with Gasteiger partial charge in [0, 0.05) is 12.7 Å². The molecule has 0 atom stereocenters. The summed E-state index contributed by atoms with van der Waals surface area (Å²) in [4.78, 5) is 4.21. The number of benzene rings is 1. The van der Waals surface area contributed by atoms with E-state index in [4.69, 9.17) is 9.66 Å². The summed E-state index contributed by atoms with van der Waals surface area (Å²) < 4.78 is 34.8. The predicted molar refractivity (Wildman–Crippen MR) is 101 cm³/mol. The normalized spacial score (nSPS) is 10.9. The average molecular weight is 384 g/mol. The van der Waals surface area contributed by atoms with Crippen LogP contribution in [-0.2, 0) is 16.9 Å². The fourth-order valence-electron chi connectivity index (χ4n) is 2.29. The molecule has 7 nitrogen and oxygen atoms in total. The summed E-state index contributed by atoms with van der Waals surface area (Å²) in [6, 6.07) is 4.90. The van der Waals surface area contributed by atoms with Gasteiger partial charge in [0.1, 0.15) is 11.5 Å². The quantitative estimate of drug-likeness (QED) is 0.498. The number of phenols is 1. The van der Waals surface area contributed by atoms with E-state index in [1.165, 1.54) is 62.8 Å². The number of aromatic hydroxyl groups is 1. The van der Waals surface area contributed by atoms with Gasteiger partial charge in [-0.3, -0.25) is 4.55 Å². The Bertz CT molecular complexity index is 726. The molecule has 0 radical (unpaired) electrons. The highest BCUT2D eigenvalue weighted by Crippen LogP contribution is 2.16. The average Bonchev–Trinajstić information content (AvgIpc) is 2.98. The number of unbranched alkanes of at least 4 members (excludes halogenated alkanes) is 5. The number of hydrogen-bond donors (Lipinski definition) is 2. The van der Waals surface area contributed by atoms with Crippen molar-refractivity contribution in [2.24, 2.45) is 0 Å². The standard InChI is InChI=1S/C12H22N2.C6H6O5S/c1-3-4-5-6-7-8-9-14-10-12(2)13-11-14;7-5-1-3-6(4-2-5)11-12(8,9)10/h10-11H,3-9H2,1-2H3;1-4,7H,(H,8,9,10). The van der Waals surface area contributed by atoms with Gasteiger partial charge >= 0.3 is 10.4 Å². The molecule has 1 heterocycles. The Morgan fingerprint density at radius 3 is 2.23 bits per heavy atom. The minimum absolute atomic E-state index is 0.0160. The molecule has 0 saturated heterocycles. The van der Waals surface area contributed by atoms with Crippen LogP contribution in [0.2, 0.25) is 0 Å². The van der Waals surface area contributed by atoms with E-state index in [9.17, 15) is 8.42 Å². The molecule has 26 heavy (non-hydrogen) atoms. The summed E-state index contributed by atoms with van der Waals surface area (Å²) in [6.45, 7) is 5.43. The van der Waals surface area contributed by atoms with Crippen molar-refractivity contribution in [2.45, 2.75) is 58.9 Å². The van der Waals surface area contributed by atoms with Crippen LogP contribution in [0, 0.1) is 6.92 Å². The Morgan fingerprint density at radius 1 is 1.08 bits per heavy atom. The van der Waals surface area contributed by atoms with Gasteiger partial charge in [-0.15, -0.1) is 0 Å². The zero-order valence-electron chi connectivity index (χ0n) is 15.3. The fourth-order valence-corrected chi connectivity index (χ4v) is 2.65. The second-order valence-electron chi connectivity index (χ2n) is 6.03. The van der Waals surface area contributed by atoms with Crippen LogP contribution in [0.1, 0.15) is 51.1 Å². The Hall–Kier alpha value is -2.06. The van der Waals surface area contributed by atoms with Gasteiger partial charge < -0.3 is 13.9 Å². The van der Waals surface area contributed by atoms with Crippen molar-refractivity contribution < 1.29 is 22.3 Å². The topological polar surface area (TPSA) is 102 Å². The molecule has 2 N–H and O–H groups in total. The van der Waals surface area contributed by atoms with Gasteiger partial charge in [-0.25, -0.2) is 4.98 Å². The zero-order chi connectivity index (χ0) is 19.4. The molecule has 0 saturated carbocycles. The Balaban J connectivity index is 0.000000263. The van der Waals surface area contributed by atoms with Crippen LogP contribution in [0.3, 0.4) is 0 Å². The van der Waals surface area contributed by atoms with Crippen LogP contribution in [0.4, 0.5) is 0 Å². The molecule has 1 aromatic carbocycles. The van der Waals surface area contributed by atoms with Crippen LogP contribution in [0.15, 0.2) is 36.8 Å². The Labute approximate surface area is 155 Å². The van der Waals surface area contributed by atoms with E-state index in [1.807, 2.05) is 13.3 Å². The first kappa shape index (κ1) is 22.0. The molecule has 0 spiro atoms. The summed E-state index contributed by atoms with van der Waals surface area (Å²) >= 11 is 0. The van der Waals surface area contributed by atoms with E-state index in [0.29, 0.717) is 0 Å². The number of phenolic OH excluding ortho intramolecular Hbond substituents is 1. The second kappa shape index (κ2) is 11.5. The molecular formula is C18H28N2O5S. The largest absolute Gasteiger partial charge is 0.508 e. The molecule has 0 aliphatic carbocycles. The maximum absolute atomic E-state index is 10.2. The van der Waals surface area contributed by atoms with Crippen molar-refractivity contribution in [3.63, 3.8) is 0 Å². The Morgan fingerprint density at radius 2 is 1.69 bits per heavy atom. The smallest absolute Gasteiger partial charge is 0.446 e. The highest BCUT2D eigenvalue weighted by molar-refractivity contribution is 7.81. The molecule has 0 amide bonds. The van der Waals surface area contributed by atoms with Crippen LogP contribution < -0.4 is 4.18 Å². The lowest BCUT2D eigenvalue weighted by Gasteiger charge is -2.01. The zero-order valence-corrected chi connectivity index (χ0v) is 16.2. The van der Waals surface area contributed by atoms with E-state index >= 15 is 0 Å². The van der Waals surface area contributed by atoms with E-state index in [-0.39, 0.29) is 11.5 Å². The number of nitrogens with zero attached hydrogens (tertiary/aromatic N) is 2. The molecule has 0 fully saturated rings. The molecule has 2 rings (SSSR count). The minimum Gasteiger partial charge on any atom is -0.508 e. The van der Waals surface area contributed by atoms with Crippen LogP contribution >= 0.6 is 0 Å². The highest BCUT2D eigenvalue weighted by atomic mass is 32.3. The van der Waals surface area contributed by atoms with Gasteiger partial charge in [-0.2, -0.15) is 8.42 Å². The second-order valence-corrected chi connectivity index (χ2v) is 7.05. The first-order valence-electron chi connectivity index (χ1n) is 8.74. The van der Waals surface area contributed by atoms with E-state index < -0.39 is 10.4 Å². The SMILES string of the molecule is CCCCCCCCn1cnc(C)c1.O=S(=O)(O)Oc1ccc(O)cc1. The minimum atomic E-state index is -4.47. The van der Waals surface area contributed by atoms with Crippen molar-refractivity contribution in [3.8, 4) is 11.5 Å². The lowest BCUT2D eigenvalue weighted by Crippen LogP contribution is -2.06. The van der Waals surface area contributed by atoms with Crippen molar-refractivity contribution in [3.05, 3.63) is 42.5 Å². The van der Waals surface area contributed by atoms with Gasteiger partial charge in [0.15, 0.2) is 0 Å². The number of aromatic nitrogens is 2. The van der Waals surface area contributed by atoms with E-state index in [2.05, 4.69) is 26.9 Å². The fraction of sp³-hybridized carbons (Fsp3) is 0.500. The van der Waals surface area contributed by atoms with Crippen molar-refractivity contribution in [1.82, 2.24) is 9.55 Å². The van der Waals surface area contributed by atoms with Gasteiger partial charge in [-0.05, 0) is 37.6 Å². The molecular weight excluding hydrogens is 356 g/mol. The summed E-state index contributed by atoms with van der Waals surface area (Å²) in [5.41, 5.74) is 1.12. The summed E-state index contributed by atoms with van der Waals surface area (Å²) in [6.07, 6.45) is 12.2. The maximum atomic E-state index is 10.2. The number of imidazole rings is 1. The molecule has 1 aromatic heterocycles. The maximum Gasteiger partial charge on any atom is 0.446 e.